The average Bonchev–Trinajstić information content (AvgIpc) is 2.44. The lowest BCUT2D eigenvalue weighted by molar-refractivity contribution is 0.0545. The molecule has 1 aromatic heterocycles. The molecule has 0 N–H and O–H groups in total. The normalized spacial score (nSPS) is 10.9. The van der Waals surface area contributed by atoms with Crippen LogP contribution in [0.15, 0.2) is 24.4 Å². The minimum atomic E-state index is 0.525. The van der Waals surface area contributed by atoms with Gasteiger partial charge in [-0.3, -0.25) is 4.98 Å². The van der Waals surface area contributed by atoms with E-state index in [1.54, 1.807) is 7.11 Å². The van der Waals surface area contributed by atoms with E-state index in [0.717, 1.165) is 22.2 Å². The summed E-state index contributed by atoms with van der Waals surface area (Å²) in [6, 6.07) is 6.20. The Morgan fingerprint density at radius 1 is 1.05 bits per heavy atom. The number of nitrogens with zero attached hydrogens (tertiary/aromatic N) is 1. The van der Waals surface area contributed by atoms with Crippen molar-refractivity contribution in [2.75, 3.05) is 33.5 Å². The van der Waals surface area contributed by atoms with E-state index < -0.39 is 0 Å². The van der Waals surface area contributed by atoms with Gasteiger partial charge in [-0.2, -0.15) is 0 Å². The lowest BCUT2D eigenvalue weighted by atomic mass is 10.1. The van der Waals surface area contributed by atoms with Crippen molar-refractivity contribution < 1.29 is 14.2 Å². The van der Waals surface area contributed by atoms with E-state index in [1.807, 2.05) is 13.1 Å². The molecule has 4 nitrogen and oxygen atoms in total. The second-order valence-electron chi connectivity index (χ2n) is 4.74. The Kier molecular flexibility index (Phi) is 5.32. The fraction of sp³-hybridized carbons (Fsp3) is 0.438. The molecule has 20 heavy (non-hydrogen) atoms. The number of aromatic nitrogens is 1. The summed E-state index contributed by atoms with van der Waals surface area (Å²) in [7, 11) is 1.66. The maximum Gasteiger partial charge on any atom is 0.133 e. The molecule has 2 rings (SSSR count). The minimum Gasteiger partial charge on any atom is -0.490 e. The van der Waals surface area contributed by atoms with E-state index >= 15 is 0 Å². The molecular formula is C16H21NO3. The molecular weight excluding hydrogens is 254 g/mol. The second kappa shape index (κ2) is 7.22. The number of hydrogen-bond donors (Lipinski definition) is 0. The quantitative estimate of drug-likeness (QED) is 0.729. The summed E-state index contributed by atoms with van der Waals surface area (Å²) in [5.74, 6) is 0.894. The maximum absolute atomic E-state index is 5.86. The van der Waals surface area contributed by atoms with Crippen LogP contribution in [0.1, 0.15) is 11.1 Å². The molecule has 4 heteroatoms. The van der Waals surface area contributed by atoms with Crippen molar-refractivity contribution in [2.24, 2.45) is 0 Å². The Morgan fingerprint density at radius 3 is 2.65 bits per heavy atom. The molecule has 0 unspecified atom stereocenters. The van der Waals surface area contributed by atoms with Crippen LogP contribution >= 0.6 is 0 Å². The Labute approximate surface area is 119 Å². The van der Waals surface area contributed by atoms with Crippen LogP contribution in [0.4, 0.5) is 0 Å². The summed E-state index contributed by atoms with van der Waals surface area (Å²) in [6.45, 7) is 6.35. The van der Waals surface area contributed by atoms with Crippen LogP contribution in [0.2, 0.25) is 0 Å². The first-order valence-corrected chi connectivity index (χ1v) is 6.78. The Balaban J connectivity index is 2.03. The van der Waals surface area contributed by atoms with Gasteiger partial charge in [0, 0.05) is 24.3 Å². The predicted octanol–water partition coefficient (Wildman–Crippen LogP) is 2.89. The van der Waals surface area contributed by atoms with Gasteiger partial charge >= 0.3 is 0 Å². The van der Waals surface area contributed by atoms with E-state index in [1.165, 1.54) is 5.56 Å². The van der Waals surface area contributed by atoms with Gasteiger partial charge in [-0.1, -0.05) is 6.07 Å². The van der Waals surface area contributed by atoms with Crippen molar-refractivity contribution in [3.63, 3.8) is 0 Å². The number of hydrogen-bond acceptors (Lipinski definition) is 4. The van der Waals surface area contributed by atoms with E-state index in [-0.39, 0.29) is 0 Å². The summed E-state index contributed by atoms with van der Waals surface area (Å²) in [5.41, 5.74) is 3.20. The highest BCUT2D eigenvalue weighted by molar-refractivity contribution is 5.86. The number of pyridine rings is 1. The van der Waals surface area contributed by atoms with Crippen LogP contribution in [-0.4, -0.2) is 38.5 Å². The molecule has 2 aromatic rings. The molecule has 0 radical (unpaired) electrons. The molecule has 0 saturated heterocycles. The van der Waals surface area contributed by atoms with Gasteiger partial charge in [0.2, 0.25) is 0 Å². The molecule has 0 aliphatic rings. The van der Waals surface area contributed by atoms with E-state index in [9.17, 15) is 0 Å². The number of rotatable bonds is 7. The standard InChI is InChI=1S/C16H21NO3/c1-12-4-5-14-15(10-12)17-11-13(2)16(14)20-9-8-19-7-6-18-3/h4-5,10-11H,6-9H2,1-3H3. The monoisotopic (exact) mass is 275 g/mol. The van der Waals surface area contributed by atoms with Crippen LogP contribution in [0.3, 0.4) is 0 Å². The average molecular weight is 275 g/mol. The molecule has 0 atom stereocenters. The molecule has 0 amide bonds. The lowest BCUT2D eigenvalue weighted by Gasteiger charge is -2.12. The molecule has 0 fully saturated rings. The highest BCUT2D eigenvalue weighted by Crippen LogP contribution is 2.28. The predicted molar refractivity (Wildman–Crippen MR) is 79.4 cm³/mol. The molecule has 0 bridgehead atoms. The van der Waals surface area contributed by atoms with Crippen LogP contribution in [0, 0.1) is 13.8 Å². The van der Waals surface area contributed by atoms with Gasteiger partial charge < -0.3 is 14.2 Å². The highest BCUT2D eigenvalue weighted by Gasteiger charge is 2.07. The zero-order chi connectivity index (χ0) is 14.4. The first-order valence-electron chi connectivity index (χ1n) is 6.78. The summed E-state index contributed by atoms with van der Waals surface area (Å²) in [6.07, 6.45) is 1.85. The number of benzene rings is 1. The van der Waals surface area contributed by atoms with Crippen LogP contribution in [-0.2, 0) is 9.47 Å². The van der Waals surface area contributed by atoms with Crippen molar-refractivity contribution in [3.8, 4) is 5.75 Å². The smallest absolute Gasteiger partial charge is 0.133 e. The molecule has 108 valence electrons. The number of methoxy groups -OCH3 is 1. The van der Waals surface area contributed by atoms with Crippen LogP contribution in [0.5, 0.6) is 5.75 Å². The van der Waals surface area contributed by atoms with Crippen molar-refractivity contribution in [3.05, 3.63) is 35.5 Å². The van der Waals surface area contributed by atoms with Crippen LogP contribution in [0.25, 0.3) is 10.9 Å². The zero-order valence-electron chi connectivity index (χ0n) is 12.3. The molecule has 0 aliphatic carbocycles. The third kappa shape index (κ3) is 3.68. The second-order valence-corrected chi connectivity index (χ2v) is 4.74. The van der Waals surface area contributed by atoms with Gasteiger partial charge in [0.25, 0.3) is 0 Å². The van der Waals surface area contributed by atoms with Gasteiger partial charge in [0.05, 0.1) is 25.3 Å². The first kappa shape index (κ1) is 14.8. The zero-order valence-corrected chi connectivity index (χ0v) is 12.3. The largest absolute Gasteiger partial charge is 0.490 e. The topological polar surface area (TPSA) is 40.6 Å². The SMILES string of the molecule is COCCOCCOc1c(C)cnc2cc(C)ccc12. The molecule has 0 spiro atoms. The fourth-order valence-electron chi connectivity index (χ4n) is 2.02. The Bertz CT molecular complexity index is 569. The Hall–Kier alpha value is -1.65. The summed E-state index contributed by atoms with van der Waals surface area (Å²) in [4.78, 5) is 4.44. The summed E-state index contributed by atoms with van der Waals surface area (Å²) in [5, 5.41) is 1.05. The Morgan fingerprint density at radius 2 is 1.85 bits per heavy atom. The molecule has 1 heterocycles. The third-order valence-electron chi connectivity index (χ3n) is 3.06. The fourth-order valence-corrected chi connectivity index (χ4v) is 2.02. The lowest BCUT2D eigenvalue weighted by Crippen LogP contribution is -2.10. The summed E-state index contributed by atoms with van der Waals surface area (Å²) >= 11 is 0. The first-order chi connectivity index (χ1) is 9.72. The van der Waals surface area contributed by atoms with Gasteiger partial charge in [0.1, 0.15) is 12.4 Å². The van der Waals surface area contributed by atoms with Gasteiger partial charge in [-0.25, -0.2) is 0 Å². The number of aryl methyl sites for hydroxylation is 2. The van der Waals surface area contributed by atoms with Gasteiger partial charge in [-0.15, -0.1) is 0 Å². The molecule has 1 aromatic carbocycles. The van der Waals surface area contributed by atoms with E-state index in [2.05, 4.69) is 30.1 Å². The third-order valence-corrected chi connectivity index (χ3v) is 3.06. The minimum absolute atomic E-state index is 0.525. The van der Waals surface area contributed by atoms with E-state index in [4.69, 9.17) is 14.2 Å². The molecule has 0 saturated carbocycles. The number of ether oxygens (including phenoxy) is 3. The van der Waals surface area contributed by atoms with Gasteiger partial charge in [-0.05, 0) is 31.5 Å². The van der Waals surface area contributed by atoms with Crippen LogP contribution < -0.4 is 4.74 Å². The van der Waals surface area contributed by atoms with Crippen molar-refractivity contribution in [1.29, 1.82) is 0 Å². The summed E-state index contributed by atoms with van der Waals surface area (Å²) < 4.78 is 16.2. The van der Waals surface area contributed by atoms with Gasteiger partial charge in [0.15, 0.2) is 0 Å². The van der Waals surface area contributed by atoms with Crippen molar-refractivity contribution in [1.82, 2.24) is 4.98 Å². The molecule has 0 aliphatic heterocycles. The number of fused-ring (bicyclic) bond motifs is 1. The van der Waals surface area contributed by atoms with Crippen molar-refractivity contribution >= 4 is 10.9 Å². The highest BCUT2D eigenvalue weighted by atomic mass is 16.5. The van der Waals surface area contributed by atoms with E-state index in [0.29, 0.717) is 26.4 Å². The maximum atomic E-state index is 5.86. The van der Waals surface area contributed by atoms with Crippen molar-refractivity contribution in [2.45, 2.75) is 13.8 Å².